The number of benzene rings is 1. The number of ether oxygens (including phenoxy) is 2. The van der Waals surface area contributed by atoms with Crippen molar-refractivity contribution in [2.75, 3.05) is 13.7 Å². The highest BCUT2D eigenvalue weighted by Gasteiger charge is 2.17. The molecule has 1 atom stereocenters. The van der Waals surface area contributed by atoms with Crippen LogP contribution in [0, 0.1) is 5.82 Å². The number of aliphatic hydroxyl groups excluding tert-OH is 1. The van der Waals surface area contributed by atoms with Gasteiger partial charge in [0, 0.05) is 25.2 Å². The maximum absolute atomic E-state index is 13.2. The van der Waals surface area contributed by atoms with Crippen LogP contribution in [-0.4, -0.2) is 24.4 Å². The van der Waals surface area contributed by atoms with E-state index in [0.717, 1.165) is 0 Å². The van der Waals surface area contributed by atoms with E-state index in [1.54, 1.807) is 14.0 Å². The van der Waals surface area contributed by atoms with E-state index in [4.69, 9.17) is 9.47 Å². The molecular weight excluding hydrogens is 235 g/mol. The molecule has 1 aromatic rings. The summed E-state index contributed by atoms with van der Waals surface area (Å²) in [6.45, 7) is 5.94. The third kappa shape index (κ3) is 4.27. The van der Waals surface area contributed by atoms with E-state index in [1.165, 1.54) is 18.2 Å². The fourth-order valence-corrected chi connectivity index (χ4v) is 1.49. The molecule has 0 saturated heterocycles. The molecule has 0 bridgehead atoms. The van der Waals surface area contributed by atoms with Crippen molar-refractivity contribution in [2.24, 2.45) is 0 Å². The van der Waals surface area contributed by atoms with Crippen molar-refractivity contribution >= 4 is 0 Å². The second kappa shape index (κ2) is 6.16. The molecule has 3 nitrogen and oxygen atoms in total. The highest BCUT2D eigenvalue weighted by Crippen LogP contribution is 2.26. The van der Waals surface area contributed by atoms with Gasteiger partial charge in [0.1, 0.15) is 11.6 Å². The lowest BCUT2D eigenvalue weighted by Crippen LogP contribution is -2.25. The minimum Gasteiger partial charge on any atom is -0.493 e. The molecule has 18 heavy (non-hydrogen) atoms. The van der Waals surface area contributed by atoms with Crippen molar-refractivity contribution in [3.63, 3.8) is 0 Å². The average molecular weight is 256 g/mol. The smallest absolute Gasteiger partial charge is 0.127 e. The topological polar surface area (TPSA) is 38.7 Å². The van der Waals surface area contributed by atoms with Gasteiger partial charge in [-0.05, 0) is 32.9 Å². The van der Waals surface area contributed by atoms with Gasteiger partial charge in [0.25, 0.3) is 0 Å². The van der Waals surface area contributed by atoms with Crippen molar-refractivity contribution in [3.8, 4) is 5.75 Å². The molecule has 4 heteroatoms. The molecule has 0 spiro atoms. The molecule has 0 radical (unpaired) electrons. The summed E-state index contributed by atoms with van der Waals surface area (Å²) in [4.78, 5) is 0. The standard InChI is InChI=1S/C14H21FO3/c1-10(16)12-6-5-11(15)9-13(12)18-8-7-14(2,3)17-4/h5-6,9-10,16H,7-8H2,1-4H3/t10-/m1/s1. The van der Waals surface area contributed by atoms with Gasteiger partial charge in [-0.2, -0.15) is 0 Å². The van der Waals surface area contributed by atoms with Crippen molar-refractivity contribution in [3.05, 3.63) is 29.6 Å². The van der Waals surface area contributed by atoms with E-state index in [9.17, 15) is 9.50 Å². The molecule has 0 amide bonds. The monoisotopic (exact) mass is 256 g/mol. The number of rotatable bonds is 6. The summed E-state index contributed by atoms with van der Waals surface area (Å²) < 4.78 is 24.0. The first-order chi connectivity index (χ1) is 8.35. The third-order valence-corrected chi connectivity index (χ3v) is 2.94. The molecule has 1 aromatic carbocycles. The Morgan fingerprint density at radius 3 is 2.61 bits per heavy atom. The Bertz CT molecular complexity index is 389. The summed E-state index contributed by atoms with van der Waals surface area (Å²) in [5.41, 5.74) is 0.310. The van der Waals surface area contributed by atoms with Gasteiger partial charge < -0.3 is 14.6 Å². The molecule has 0 heterocycles. The molecular formula is C14H21FO3. The van der Waals surface area contributed by atoms with Crippen LogP contribution < -0.4 is 4.74 Å². The largest absolute Gasteiger partial charge is 0.493 e. The van der Waals surface area contributed by atoms with E-state index in [2.05, 4.69) is 0 Å². The lowest BCUT2D eigenvalue weighted by Gasteiger charge is -2.23. The minimum atomic E-state index is -0.684. The lowest BCUT2D eigenvalue weighted by atomic mass is 10.1. The van der Waals surface area contributed by atoms with Crippen LogP contribution in [-0.2, 0) is 4.74 Å². The van der Waals surface area contributed by atoms with Gasteiger partial charge in [0.05, 0.1) is 18.3 Å². The highest BCUT2D eigenvalue weighted by atomic mass is 19.1. The SMILES string of the molecule is COC(C)(C)CCOc1cc(F)ccc1[C@@H](C)O. The van der Waals surface area contributed by atoms with Crippen LogP contribution in [0.3, 0.4) is 0 Å². The summed E-state index contributed by atoms with van der Waals surface area (Å²) in [7, 11) is 1.64. The van der Waals surface area contributed by atoms with Crippen molar-refractivity contribution < 1.29 is 19.0 Å². The van der Waals surface area contributed by atoms with Gasteiger partial charge in [-0.25, -0.2) is 4.39 Å². The van der Waals surface area contributed by atoms with Crippen LogP contribution in [0.5, 0.6) is 5.75 Å². The molecule has 0 aromatic heterocycles. The Labute approximate surface area is 108 Å². The fourth-order valence-electron chi connectivity index (χ4n) is 1.49. The molecule has 0 aliphatic heterocycles. The third-order valence-electron chi connectivity index (χ3n) is 2.94. The van der Waals surface area contributed by atoms with Crippen LogP contribution >= 0.6 is 0 Å². The van der Waals surface area contributed by atoms with E-state index in [1.807, 2.05) is 13.8 Å². The molecule has 1 rings (SSSR count). The first-order valence-corrected chi connectivity index (χ1v) is 6.01. The first kappa shape index (κ1) is 14.9. The molecule has 0 saturated carbocycles. The Balaban J connectivity index is 2.69. The lowest BCUT2D eigenvalue weighted by molar-refractivity contribution is 0.00520. The van der Waals surface area contributed by atoms with Crippen LogP contribution in [0.15, 0.2) is 18.2 Å². The summed E-state index contributed by atoms with van der Waals surface area (Å²) in [5.74, 6) is 0.0114. The summed E-state index contributed by atoms with van der Waals surface area (Å²) in [6, 6.07) is 4.15. The second-order valence-electron chi connectivity index (χ2n) is 4.92. The van der Waals surface area contributed by atoms with E-state index in [0.29, 0.717) is 24.3 Å². The number of hydrogen-bond donors (Lipinski definition) is 1. The Morgan fingerprint density at radius 1 is 1.39 bits per heavy atom. The van der Waals surface area contributed by atoms with E-state index >= 15 is 0 Å². The Kier molecular flexibility index (Phi) is 5.11. The quantitative estimate of drug-likeness (QED) is 0.850. The van der Waals surface area contributed by atoms with Gasteiger partial charge in [-0.1, -0.05) is 0 Å². The van der Waals surface area contributed by atoms with Crippen LogP contribution in [0.25, 0.3) is 0 Å². The van der Waals surface area contributed by atoms with Crippen molar-refractivity contribution in [1.82, 2.24) is 0 Å². The second-order valence-corrected chi connectivity index (χ2v) is 4.92. The maximum Gasteiger partial charge on any atom is 0.127 e. The van der Waals surface area contributed by atoms with E-state index in [-0.39, 0.29) is 11.4 Å². The molecule has 0 fully saturated rings. The number of hydrogen-bond acceptors (Lipinski definition) is 3. The van der Waals surface area contributed by atoms with E-state index < -0.39 is 6.10 Å². The summed E-state index contributed by atoms with van der Waals surface area (Å²) in [5, 5.41) is 9.57. The summed E-state index contributed by atoms with van der Waals surface area (Å²) in [6.07, 6.45) is -0.00440. The number of methoxy groups -OCH3 is 1. The predicted molar refractivity (Wildman–Crippen MR) is 68.2 cm³/mol. The Morgan fingerprint density at radius 2 is 2.06 bits per heavy atom. The predicted octanol–water partition coefficient (Wildman–Crippen LogP) is 3.07. The fraction of sp³-hybridized carbons (Fsp3) is 0.571. The van der Waals surface area contributed by atoms with Crippen LogP contribution in [0.4, 0.5) is 4.39 Å². The summed E-state index contributed by atoms with van der Waals surface area (Å²) >= 11 is 0. The number of aliphatic hydroxyl groups is 1. The van der Waals surface area contributed by atoms with Crippen molar-refractivity contribution in [2.45, 2.75) is 38.9 Å². The van der Waals surface area contributed by atoms with Gasteiger partial charge in [0.2, 0.25) is 0 Å². The normalized spacial score (nSPS) is 13.4. The number of halogens is 1. The van der Waals surface area contributed by atoms with Crippen LogP contribution in [0.2, 0.25) is 0 Å². The van der Waals surface area contributed by atoms with Crippen LogP contribution in [0.1, 0.15) is 38.9 Å². The Hall–Kier alpha value is -1.13. The molecule has 0 aliphatic carbocycles. The molecule has 0 aliphatic rings. The molecule has 0 unspecified atom stereocenters. The van der Waals surface area contributed by atoms with Gasteiger partial charge in [0.15, 0.2) is 0 Å². The first-order valence-electron chi connectivity index (χ1n) is 6.01. The molecule has 102 valence electrons. The van der Waals surface area contributed by atoms with Gasteiger partial charge >= 0.3 is 0 Å². The zero-order valence-electron chi connectivity index (χ0n) is 11.4. The highest BCUT2D eigenvalue weighted by molar-refractivity contribution is 5.35. The zero-order chi connectivity index (χ0) is 13.8. The minimum absolute atomic E-state index is 0.279. The molecule has 1 N–H and O–H groups in total. The maximum atomic E-state index is 13.2. The van der Waals surface area contributed by atoms with Gasteiger partial charge in [-0.15, -0.1) is 0 Å². The van der Waals surface area contributed by atoms with Crippen molar-refractivity contribution in [1.29, 1.82) is 0 Å². The average Bonchev–Trinajstić information content (AvgIpc) is 2.28. The van der Waals surface area contributed by atoms with Gasteiger partial charge in [-0.3, -0.25) is 0 Å². The zero-order valence-corrected chi connectivity index (χ0v) is 11.4.